The van der Waals surface area contributed by atoms with Gasteiger partial charge in [-0.25, -0.2) is 4.98 Å². The Hall–Kier alpha value is -0.940. The molecule has 1 heterocycles. The number of nitrogens with two attached hydrogens (primary N) is 1. The molecule has 3 nitrogen and oxygen atoms in total. The van der Waals surface area contributed by atoms with Crippen LogP contribution in [0.2, 0.25) is 0 Å². The molecule has 0 bridgehead atoms. The predicted molar refractivity (Wildman–Crippen MR) is 71.5 cm³/mol. The van der Waals surface area contributed by atoms with Gasteiger partial charge in [0.1, 0.15) is 5.69 Å². The van der Waals surface area contributed by atoms with Crippen LogP contribution in [0.3, 0.4) is 0 Å². The summed E-state index contributed by atoms with van der Waals surface area (Å²) < 4.78 is 31.4. The van der Waals surface area contributed by atoms with Crippen molar-refractivity contribution in [1.29, 1.82) is 0 Å². The molecule has 1 aromatic rings. The van der Waals surface area contributed by atoms with Crippen LogP contribution in [0.15, 0.2) is 12.1 Å². The Morgan fingerprint density at radius 3 is 2.63 bits per heavy atom. The van der Waals surface area contributed by atoms with Crippen LogP contribution in [-0.2, 0) is 11.9 Å². The maximum Gasteiger partial charge on any atom is 0.364 e. The lowest BCUT2D eigenvalue weighted by Crippen LogP contribution is -2.11. The van der Waals surface area contributed by atoms with Crippen molar-refractivity contribution in [3.63, 3.8) is 0 Å². The first-order valence-corrected chi connectivity index (χ1v) is 6.76. The van der Waals surface area contributed by atoms with E-state index in [4.69, 9.17) is 22.1 Å². The lowest BCUT2D eigenvalue weighted by molar-refractivity contribution is 0.0888. The van der Waals surface area contributed by atoms with Gasteiger partial charge in [-0.2, -0.15) is 8.78 Å². The number of aromatic nitrogens is 1. The van der Waals surface area contributed by atoms with Gasteiger partial charge in [-0.15, -0.1) is 0 Å². The van der Waals surface area contributed by atoms with Crippen molar-refractivity contribution in [1.82, 2.24) is 4.98 Å². The maximum absolute atomic E-state index is 13.0. The summed E-state index contributed by atoms with van der Waals surface area (Å²) in [7, 11) is 0. The zero-order valence-electron chi connectivity index (χ0n) is 11.0. The summed E-state index contributed by atoms with van der Waals surface area (Å²) in [5.74, 6) is 0.150. The minimum absolute atomic E-state index is 0.150. The van der Waals surface area contributed by atoms with Crippen molar-refractivity contribution in [2.24, 2.45) is 5.73 Å². The van der Waals surface area contributed by atoms with Gasteiger partial charge in [0.2, 0.25) is 5.88 Å². The number of ether oxygens (including phenoxy) is 1. The van der Waals surface area contributed by atoms with Gasteiger partial charge in [0, 0.05) is 12.1 Å². The van der Waals surface area contributed by atoms with Crippen molar-refractivity contribution in [3.05, 3.63) is 23.4 Å². The molecule has 0 aliphatic rings. The second-order valence-electron chi connectivity index (χ2n) is 4.27. The first-order chi connectivity index (χ1) is 8.99. The highest BCUT2D eigenvalue weighted by molar-refractivity contribution is 6.21. The number of nitrogens with zero attached hydrogens (tertiary/aromatic N) is 1. The van der Waals surface area contributed by atoms with E-state index in [1.54, 1.807) is 0 Å². The monoisotopic (exact) mass is 292 g/mol. The lowest BCUT2D eigenvalue weighted by atomic mass is 10.2. The predicted octanol–water partition coefficient (Wildman–Crippen LogP) is 3.79. The Morgan fingerprint density at radius 2 is 2.05 bits per heavy atom. The Kier molecular flexibility index (Phi) is 6.45. The molecule has 0 aliphatic carbocycles. The molecule has 0 atom stereocenters. The van der Waals surface area contributed by atoms with E-state index in [2.05, 4.69) is 11.9 Å². The number of hydrogen-bond acceptors (Lipinski definition) is 3. The van der Waals surface area contributed by atoms with E-state index in [-0.39, 0.29) is 12.4 Å². The molecule has 0 saturated carbocycles. The van der Waals surface area contributed by atoms with Crippen molar-refractivity contribution in [3.8, 4) is 5.88 Å². The number of pyridine rings is 1. The van der Waals surface area contributed by atoms with Gasteiger partial charge in [-0.05, 0) is 24.1 Å². The average Bonchev–Trinajstić information content (AvgIpc) is 2.37. The number of unbranched alkanes of at least 4 members (excludes halogenated alkanes) is 3. The molecule has 19 heavy (non-hydrogen) atoms. The van der Waals surface area contributed by atoms with Crippen LogP contribution in [0.25, 0.3) is 0 Å². The average molecular weight is 293 g/mol. The second-order valence-corrected chi connectivity index (χ2v) is 4.75. The topological polar surface area (TPSA) is 48.1 Å². The highest BCUT2D eigenvalue weighted by Crippen LogP contribution is 2.32. The Morgan fingerprint density at radius 1 is 1.32 bits per heavy atom. The van der Waals surface area contributed by atoms with Crippen LogP contribution in [0.1, 0.15) is 43.9 Å². The standard InChI is InChI=1S/C13H19ClF2N2O/c1-2-3-4-5-8-19-12-10(9-17)6-7-11(18-12)13(14,15)16/h6-7H,2-5,8-9,17H2,1H3. The molecular weight excluding hydrogens is 274 g/mol. The number of rotatable bonds is 8. The summed E-state index contributed by atoms with van der Waals surface area (Å²) in [6.45, 7) is 2.74. The van der Waals surface area contributed by atoms with E-state index in [0.717, 1.165) is 25.7 Å². The summed E-state index contributed by atoms with van der Waals surface area (Å²) in [6.07, 6.45) is 4.15. The SMILES string of the molecule is CCCCCCOc1nc(C(F)(F)Cl)ccc1CN. The Labute approximate surface area is 117 Å². The van der Waals surface area contributed by atoms with Gasteiger partial charge >= 0.3 is 5.38 Å². The number of halogens is 3. The van der Waals surface area contributed by atoms with E-state index in [1.165, 1.54) is 12.1 Å². The summed E-state index contributed by atoms with van der Waals surface area (Å²) in [4.78, 5) is 3.75. The molecule has 2 N–H and O–H groups in total. The molecule has 0 amide bonds. The smallest absolute Gasteiger partial charge is 0.364 e. The number of alkyl halides is 3. The largest absolute Gasteiger partial charge is 0.477 e. The minimum Gasteiger partial charge on any atom is -0.477 e. The van der Waals surface area contributed by atoms with Gasteiger partial charge < -0.3 is 10.5 Å². The van der Waals surface area contributed by atoms with Crippen molar-refractivity contribution in [2.75, 3.05) is 6.61 Å². The van der Waals surface area contributed by atoms with Crippen LogP contribution in [0, 0.1) is 0 Å². The third kappa shape index (κ3) is 5.28. The van der Waals surface area contributed by atoms with Crippen molar-refractivity contribution >= 4 is 11.6 Å². The molecule has 0 aromatic carbocycles. The molecular formula is C13H19ClF2N2O. The highest BCUT2D eigenvalue weighted by Gasteiger charge is 2.30. The van der Waals surface area contributed by atoms with Crippen LogP contribution in [-0.4, -0.2) is 11.6 Å². The van der Waals surface area contributed by atoms with Crippen molar-refractivity contribution in [2.45, 2.75) is 44.5 Å². The molecule has 0 aliphatic heterocycles. The van der Waals surface area contributed by atoms with E-state index >= 15 is 0 Å². The fourth-order valence-corrected chi connectivity index (χ4v) is 1.71. The zero-order chi connectivity index (χ0) is 14.3. The number of hydrogen-bond donors (Lipinski definition) is 1. The van der Waals surface area contributed by atoms with Gasteiger partial charge in [0.25, 0.3) is 0 Å². The maximum atomic E-state index is 13.0. The molecule has 1 aromatic heterocycles. The third-order valence-electron chi connectivity index (χ3n) is 2.69. The Balaban J connectivity index is 2.68. The first kappa shape index (κ1) is 16.1. The molecule has 0 fully saturated rings. The van der Waals surface area contributed by atoms with Gasteiger partial charge in [0.15, 0.2) is 0 Å². The van der Waals surface area contributed by atoms with E-state index < -0.39 is 11.1 Å². The van der Waals surface area contributed by atoms with Crippen LogP contribution in [0.4, 0.5) is 8.78 Å². The van der Waals surface area contributed by atoms with E-state index in [0.29, 0.717) is 12.2 Å². The summed E-state index contributed by atoms with van der Waals surface area (Å²) >= 11 is 4.95. The molecule has 0 spiro atoms. The molecule has 108 valence electrons. The molecule has 0 radical (unpaired) electrons. The summed E-state index contributed by atoms with van der Waals surface area (Å²) in [5.41, 5.74) is 5.60. The fraction of sp³-hybridized carbons (Fsp3) is 0.615. The van der Waals surface area contributed by atoms with E-state index in [1.807, 2.05) is 0 Å². The van der Waals surface area contributed by atoms with Crippen LogP contribution in [0.5, 0.6) is 5.88 Å². The van der Waals surface area contributed by atoms with Crippen molar-refractivity contribution < 1.29 is 13.5 Å². The van der Waals surface area contributed by atoms with Crippen LogP contribution < -0.4 is 10.5 Å². The normalized spacial score (nSPS) is 11.6. The van der Waals surface area contributed by atoms with Gasteiger partial charge in [-0.1, -0.05) is 32.3 Å². The van der Waals surface area contributed by atoms with Crippen LogP contribution >= 0.6 is 11.6 Å². The van der Waals surface area contributed by atoms with Gasteiger partial charge in [-0.3, -0.25) is 0 Å². The minimum atomic E-state index is -3.49. The summed E-state index contributed by atoms with van der Waals surface area (Å²) in [5, 5.41) is -3.49. The van der Waals surface area contributed by atoms with Gasteiger partial charge in [0.05, 0.1) is 6.61 Å². The lowest BCUT2D eigenvalue weighted by Gasteiger charge is -2.13. The molecule has 1 rings (SSSR count). The fourth-order valence-electron chi connectivity index (χ4n) is 1.61. The molecule has 0 unspecified atom stereocenters. The molecule has 0 saturated heterocycles. The van der Waals surface area contributed by atoms with E-state index in [9.17, 15) is 8.78 Å². The highest BCUT2D eigenvalue weighted by atomic mass is 35.5. The second kappa shape index (κ2) is 7.60. The Bertz CT molecular complexity index is 397. The quantitative estimate of drug-likeness (QED) is 0.586. The first-order valence-electron chi connectivity index (χ1n) is 6.39. The third-order valence-corrected chi connectivity index (χ3v) is 2.88. The zero-order valence-corrected chi connectivity index (χ0v) is 11.7. The molecule has 6 heteroatoms. The summed E-state index contributed by atoms with van der Waals surface area (Å²) in [6, 6.07) is 2.64.